The molecule has 2 atom stereocenters. The Morgan fingerprint density at radius 2 is 1.13 bits per heavy atom. The molecule has 2 heterocycles. The molecule has 2 aliphatic rings. The van der Waals surface area contributed by atoms with E-state index >= 15 is 0 Å². The molecule has 0 spiro atoms. The van der Waals surface area contributed by atoms with Gasteiger partial charge in [0.25, 0.3) is 0 Å². The van der Waals surface area contributed by atoms with Gasteiger partial charge in [-0.3, -0.25) is 0 Å². The van der Waals surface area contributed by atoms with Gasteiger partial charge in [0.2, 0.25) is 0 Å². The van der Waals surface area contributed by atoms with Gasteiger partial charge in [0, 0.05) is 0 Å². The number of rotatable bonds is 8. The van der Waals surface area contributed by atoms with Crippen LogP contribution in [-0.4, -0.2) is 38.6 Å². The zero-order valence-electron chi connectivity index (χ0n) is 12.5. The minimum absolute atomic E-state index is 0.0525. The molecule has 2 unspecified atom stereocenters. The molecule has 0 amide bonds. The van der Waals surface area contributed by atoms with Gasteiger partial charge in [0.1, 0.15) is 0 Å². The van der Waals surface area contributed by atoms with Gasteiger partial charge in [-0.2, -0.15) is 0 Å². The van der Waals surface area contributed by atoms with Crippen LogP contribution in [0.5, 0.6) is 11.5 Å². The van der Waals surface area contributed by atoms with Crippen molar-refractivity contribution in [3.8, 4) is 11.5 Å². The number of hydrogen-bond acceptors (Lipinski definition) is 4. The SMILES string of the molecule is c1c[c]([Au][c]2ccc(OCC3CO3)cc2)ccc1OCC1CO1. The summed E-state index contributed by atoms with van der Waals surface area (Å²) in [6.07, 6.45) is 0.599. The molecule has 4 rings (SSSR count). The zero-order valence-corrected chi connectivity index (χ0v) is 14.7. The number of ether oxygens (including phenoxy) is 4. The van der Waals surface area contributed by atoms with E-state index in [2.05, 4.69) is 24.3 Å². The summed E-state index contributed by atoms with van der Waals surface area (Å²) in [5, 5.41) is 0. The minimum atomic E-state index is -0.0525. The molecule has 0 radical (unpaired) electrons. The van der Waals surface area contributed by atoms with Crippen molar-refractivity contribution in [3.63, 3.8) is 0 Å². The molecule has 4 nitrogen and oxygen atoms in total. The van der Waals surface area contributed by atoms with E-state index in [1.54, 1.807) is 0 Å². The quantitative estimate of drug-likeness (QED) is 0.409. The molecule has 2 fully saturated rings. The summed E-state index contributed by atoms with van der Waals surface area (Å²) in [5.74, 6) is 1.83. The molecule has 2 saturated heterocycles. The van der Waals surface area contributed by atoms with E-state index in [0.29, 0.717) is 25.4 Å². The van der Waals surface area contributed by atoms with Gasteiger partial charge >= 0.3 is 145 Å². The van der Waals surface area contributed by atoms with E-state index in [1.165, 1.54) is 7.56 Å². The Labute approximate surface area is 145 Å². The fraction of sp³-hybridized carbons (Fsp3) is 0.333. The molecule has 2 aliphatic heterocycles. The fourth-order valence-corrected chi connectivity index (χ4v) is 4.11. The van der Waals surface area contributed by atoms with Crippen molar-refractivity contribution < 1.29 is 38.7 Å². The second-order valence-electron chi connectivity index (χ2n) is 5.43. The predicted octanol–water partition coefficient (Wildman–Crippen LogP) is 1.28. The Morgan fingerprint density at radius 1 is 0.739 bits per heavy atom. The van der Waals surface area contributed by atoms with Gasteiger partial charge < -0.3 is 0 Å². The van der Waals surface area contributed by atoms with Crippen molar-refractivity contribution in [2.75, 3.05) is 26.4 Å². The van der Waals surface area contributed by atoms with Crippen LogP contribution in [0, 0.1) is 0 Å². The first-order valence-electron chi connectivity index (χ1n) is 7.61. The van der Waals surface area contributed by atoms with Crippen LogP contribution >= 0.6 is 0 Å². The second-order valence-corrected chi connectivity index (χ2v) is 8.47. The number of benzene rings is 2. The molecular weight excluding hydrogens is 477 g/mol. The van der Waals surface area contributed by atoms with Crippen LogP contribution in [0.25, 0.3) is 0 Å². The Bertz CT molecular complexity index is 576. The molecule has 0 N–H and O–H groups in total. The maximum absolute atomic E-state index is 5.66. The van der Waals surface area contributed by atoms with Crippen molar-refractivity contribution >= 4 is 7.56 Å². The zero-order chi connectivity index (χ0) is 15.5. The summed E-state index contributed by atoms with van der Waals surface area (Å²) in [4.78, 5) is 0. The van der Waals surface area contributed by atoms with E-state index in [1.807, 2.05) is 24.3 Å². The van der Waals surface area contributed by atoms with Gasteiger partial charge in [-0.05, 0) is 0 Å². The molecular formula is C18H18AuO4. The summed E-state index contributed by atoms with van der Waals surface area (Å²) in [6.45, 7) is 2.97. The average Bonchev–Trinajstić information content (AvgIpc) is 3.48. The molecule has 23 heavy (non-hydrogen) atoms. The normalized spacial score (nSPS) is 21.9. The Hall–Kier alpha value is -1.30. The van der Waals surface area contributed by atoms with E-state index in [0.717, 1.165) is 24.7 Å². The van der Waals surface area contributed by atoms with Crippen molar-refractivity contribution in [2.45, 2.75) is 12.2 Å². The first-order chi connectivity index (χ1) is 11.3. The van der Waals surface area contributed by atoms with Crippen LogP contribution in [0.15, 0.2) is 48.5 Å². The monoisotopic (exact) mass is 495 g/mol. The Kier molecular flexibility index (Phi) is 4.69. The molecule has 0 bridgehead atoms. The molecule has 125 valence electrons. The van der Waals surface area contributed by atoms with Crippen LogP contribution < -0.4 is 17.0 Å². The predicted molar refractivity (Wildman–Crippen MR) is 82.6 cm³/mol. The van der Waals surface area contributed by atoms with Crippen molar-refractivity contribution in [1.29, 1.82) is 0 Å². The van der Waals surface area contributed by atoms with E-state index < -0.39 is 0 Å². The third-order valence-corrected chi connectivity index (χ3v) is 6.12. The van der Waals surface area contributed by atoms with E-state index in [4.69, 9.17) is 18.9 Å². The molecule has 0 saturated carbocycles. The van der Waals surface area contributed by atoms with Crippen LogP contribution in [0.1, 0.15) is 0 Å². The summed E-state index contributed by atoms with van der Waals surface area (Å²) >= 11 is -0.0525. The third kappa shape index (κ3) is 4.83. The fourth-order valence-electron chi connectivity index (χ4n) is 1.94. The molecule has 0 aliphatic carbocycles. The number of epoxide rings is 2. The first kappa shape index (κ1) is 15.2. The van der Waals surface area contributed by atoms with Gasteiger partial charge in [-0.25, -0.2) is 0 Å². The standard InChI is InChI=1S/2C9H9O2.Au/c2*1-2-4-8(5-3-1)10-6-9-7-11-9;/h2*2-5,9H,6-7H2;. The molecule has 5 heteroatoms. The maximum atomic E-state index is 5.66. The summed E-state index contributed by atoms with van der Waals surface area (Å²) < 4.78 is 24.3. The van der Waals surface area contributed by atoms with Crippen molar-refractivity contribution in [3.05, 3.63) is 48.5 Å². The molecule has 0 aromatic heterocycles. The van der Waals surface area contributed by atoms with Gasteiger partial charge in [0.15, 0.2) is 0 Å². The first-order valence-corrected chi connectivity index (χ1v) is 9.78. The van der Waals surface area contributed by atoms with Gasteiger partial charge in [-0.1, -0.05) is 0 Å². The summed E-state index contributed by atoms with van der Waals surface area (Å²) in [6, 6.07) is 16.8. The molecule has 2 aromatic carbocycles. The van der Waals surface area contributed by atoms with Crippen molar-refractivity contribution in [1.82, 2.24) is 0 Å². The summed E-state index contributed by atoms with van der Waals surface area (Å²) in [5.41, 5.74) is 0. The van der Waals surface area contributed by atoms with Crippen LogP contribution in [-0.2, 0) is 29.2 Å². The van der Waals surface area contributed by atoms with E-state index in [-0.39, 0.29) is 19.8 Å². The van der Waals surface area contributed by atoms with Crippen LogP contribution in [0.4, 0.5) is 0 Å². The van der Waals surface area contributed by atoms with Crippen LogP contribution in [0.3, 0.4) is 0 Å². The van der Waals surface area contributed by atoms with Crippen molar-refractivity contribution in [2.24, 2.45) is 0 Å². The third-order valence-electron chi connectivity index (χ3n) is 3.43. The van der Waals surface area contributed by atoms with E-state index in [9.17, 15) is 0 Å². The number of hydrogen-bond donors (Lipinski definition) is 0. The topological polar surface area (TPSA) is 43.5 Å². The van der Waals surface area contributed by atoms with Gasteiger partial charge in [0.05, 0.1) is 0 Å². The Morgan fingerprint density at radius 3 is 1.48 bits per heavy atom. The Balaban J connectivity index is 1.29. The summed E-state index contributed by atoms with van der Waals surface area (Å²) in [7, 11) is 0. The van der Waals surface area contributed by atoms with Crippen LogP contribution in [0.2, 0.25) is 0 Å². The van der Waals surface area contributed by atoms with Gasteiger partial charge in [-0.15, -0.1) is 0 Å². The second kappa shape index (κ2) is 7.07. The molecule has 2 aromatic rings. The average molecular weight is 495 g/mol.